The Morgan fingerprint density at radius 2 is 1.71 bits per heavy atom. The van der Waals surface area contributed by atoms with Crippen molar-refractivity contribution in [2.45, 2.75) is 12.8 Å². The first kappa shape index (κ1) is 18.3. The van der Waals surface area contributed by atoms with E-state index in [4.69, 9.17) is 4.42 Å². The predicted molar refractivity (Wildman–Crippen MR) is 101 cm³/mol. The fourth-order valence-electron chi connectivity index (χ4n) is 3.85. The van der Waals surface area contributed by atoms with Crippen LogP contribution in [0.2, 0.25) is 0 Å². The van der Waals surface area contributed by atoms with Gasteiger partial charge in [0.15, 0.2) is 11.6 Å². The maximum Gasteiger partial charge on any atom is 0.295 e. The number of halogens is 1. The zero-order chi connectivity index (χ0) is 19.7. The van der Waals surface area contributed by atoms with Crippen molar-refractivity contribution in [3.63, 3.8) is 0 Å². The van der Waals surface area contributed by atoms with Crippen LogP contribution in [0.4, 0.5) is 21.5 Å². The number of furan rings is 1. The Balaban J connectivity index is 1.56. The molecule has 2 fully saturated rings. The molecular formula is C19H21FN4O4. The van der Waals surface area contributed by atoms with Crippen molar-refractivity contribution in [2.24, 2.45) is 0 Å². The highest BCUT2D eigenvalue weighted by atomic mass is 19.1. The summed E-state index contributed by atoms with van der Waals surface area (Å²) >= 11 is 0. The first-order valence-electron chi connectivity index (χ1n) is 9.35. The van der Waals surface area contributed by atoms with E-state index < -0.39 is 10.7 Å². The largest absolute Gasteiger partial charge is 0.459 e. The number of anilines is 2. The highest BCUT2D eigenvalue weighted by molar-refractivity contribution is 5.91. The molecule has 1 amide bonds. The number of nitrogens with zero attached hydrogens (tertiary/aromatic N) is 4. The molecule has 0 aliphatic carbocycles. The zero-order valence-electron chi connectivity index (χ0n) is 15.3. The molecule has 2 aliphatic heterocycles. The van der Waals surface area contributed by atoms with Crippen molar-refractivity contribution in [1.82, 2.24) is 4.90 Å². The topological polar surface area (TPSA) is 83.1 Å². The molecule has 0 N–H and O–H groups in total. The minimum absolute atomic E-state index is 0.198. The molecule has 2 aromatic rings. The molecule has 2 saturated heterocycles. The molecule has 4 rings (SSSR count). The molecule has 0 atom stereocenters. The molecule has 0 spiro atoms. The van der Waals surface area contributed by atoms with Gasteiger partial charge in [-0.05, 0) is 31.0 Å². The third-order valence-electron chi connectivity index (χ3n) is 5.33. The third kappa shape index (κ3) is 3.39. The molecule has 0 radical (unpaired) electrons. The number of nitro benzene ring substituents is 1. The molecule has 0 bridgehead atoms. The molecule has 28 heavy (non-hydrogen) atoms. The first-order chi connectivity index (χ1) is 13.5. The van der Waals surface area contributed by atoms with Gasteiger partial charge < -0.3 is 19.1 Å². The fraction of sp³-hybridized carbons (Fsp3) is 0.421. The number of hydrogen-bond acceptors (Lipinski definition) is 6. The summed E-state index contributed by atoms with van der Waals surface area (Å²) in [5.41, 5.74) is 0.567. The van der Waals surface area contributed by atoms with Crippen LogP contribution in [-0.4, -0.2) is 55.0 Å². The van der Waals surface area contributed by atoms with Gasteiger partial charge in [0.25, 0.3) is 11.6 Å². The second kappa shape index (κ2) is 7.49. The second-order valence-electron chi connectivity index (χ2n) is 7.00. The second-order valence-corrected chi connectivity index (χ2v) is 7.00. The van der Waals surface area contributed by atoms with Gasteiger partial charge in [-0.25, -0.2) is 4.39 Å². The van der Waals surface area contributed by atoms with Gasteiger partial charge in [0.05, 0.1) is 22.9 Å². The van der Waals surface area contributed by atoms with Crippen LogP contribution in [0.3, 0.4) is 0 Å². The van der Waals surface area contributed by atoms with Gasteiger partial charge >= 0.3 is 0 Å². The minimum Gasteiger partial charge on any atom is -0.459 e. The summed E-state index contributed by atoms with van der Waals surface area (Å²) in [7, 11) is 0. The average molecular weight is 388 g/mol. The summed E-state index contributed by atoms with van der Waals surface area (Å²) in [4.78, 5) is 28.8. The first-order valence-corrected chi connectivity index (χ1v) is 9.35. The molecule has 2 aliphatic rings. The summed E-state index contributed by atoms with van der Waals surface area (Å²) in [5, 5.41) is 11.5. The highest BCUT2D eigenvalue weighted by Crippen LogP contribution is 2.36. The number of carbonyl (C=O) groups is 1. The van der Waals surface area contributed by atoms with Crippen molar-refractivity contribution in [1.29, 1.82) is 0 Å². The van der Waals surface area contributed by atoms with E-state index in [1.165, 1.54) is 6.26 Å². The van der Waals surface area contributed by atoms with Gasteiger partial charge in [-0.3, -0.25) is 14.9 Å². The van der Waals surface area contributed by atoms with E-state index in [1.807, 2.05) is 9.80 Å². The maximum absolute atomic E-state index is 14.5. The number of benzene rings is 1. The molecule has 9 heteroatoms. The van der Waals surface area contributed by atoms with Crippen LogP contribution >= 0.6 is 0 Å². The van der Waals surface area contributed by atoms with Gasteiger partial charge in [0, 0.05) is 39.3 Å². The summed E-state index contributed by atoms with van der Waals surface area (Å²) in [6.07, 6.45) is 3.42. The fourth-order valence-corrected chi connectivity index (χ4v) is 3.85. The Morgan fingerprint density at radius 1 is 1.04 bits per heavy atom. The van der Waals surface area contributed by atoms with Gasteiger partial charge in [-0.2, -0.15) is 0 Å². The molecule has 148 valence electrons. The molecule has 1 aromatic carbocycles. The van der Waals surface area contributed by atoms with Crippen molar-refractivity contribution in [2.75, 3.05) is 49.1 Å². The lowest BCUT2D eigenvalue weighted by atomic mass is 10.1. The zero-order valence-corrected chi connectivity index (χ0v) is 15.3. The summed E-state index contributed by atoms with van der Waals surface area (Å²) in [6, 6.07) is 5.87. The van der Waals surface area contributed by atoms with Gasteiger partial charge in [-0.1, -0.05) is 0 Å². The Labute approximate surface area is 161 Å². The molecule has 0 unspecified atom stereocenters. The summed E-state index contributed by atoms with van der Waals surface area (Å²) < 4.78 is 19.7. The van der Waals surface area contributed by atoms with Crippen LogP contribution < -0.4 is 9.80 Å². The van der Waals surface area contributed by atoms with Crippen LogP contribution in [0.15, 0.2) is 34.9 Å². The SMILES string of the molecule is O=C(c1ccco1)N1CCN(c2cc(N3CCCC3)c(F)cc2[N+](=O)[O-])CC1. The molecule has 1 aromatic heterocycles. The normalized spacial score (nSPS) is 17.2. The molecule has 8 nitrogen and oxygen atoms in total. The van der Waals surface area contributed by atoms with Crippen molar-refractivity contribution >= 4 is 23.0 Å². The number of piperazine rings is 1. The Hall–Kier alpha value is -3.10. The number of rotatable bonds is 4. The van der Waals surface area contributed by atoms with Crippen LogP contribution in [-0.2, 0) is 0 Å². The van der Waals surface area contributed by atoms with Gasteiger partial charge in [-0.15, -0.1) is 0 Å². The van der Waals surface area contributed by atoms with Crippen LogP contribution in [0.1, 0.15) is 23.4 Å². The number of carbonyl (C=O) groups excluding carboxylic acids is 1. The minimum atomic E-state index is -0.566. The van der Waals surface area contributed by atoms with Crippen LogP contribution in [0.25, 0.3) is 0 Å². The molecule has 0 saturated carbocycles. The van der Waals surface area contributed by atoms with Crippen molar-refractivity contribution in [3.05, 3.63) is 52.2 Å². The molecule has 3 heterocycles. The smallest absolute Gasteiger partial charge is 0.295 e. The highest BCUT2D eigenvalue weighted by Gasteiger charge is 2.30. The number of nitro groups is 1. The van der Waals surface area contributed by atoms with E-state index in [0.717, 1.165) is 32.0 Å². The van der Waals surface area contributed by atoms with Crippen LogP contribution in [0.5, 0.6) is 0 Å². The Morgan fingerprint density at radius 3 is 2.32 bits per heavy atom. The van der Waals surface area contributed by atoms with Crippen molar-refractivity contribution in [3.8, 4) is 0 Å². The quantitative estimate of drug-likeness (QED) is 0.592. The van der Waals surface area contributed by atoms with E-state index in [9.17, 15) is 19.3 Å². The lowest BCUT2D eigenvalue weighted by molar-refractivity contribution is -0.384. The summed E-state index contributed by atoms with van der Waals surface area (Å²) in [5.74, 6) is -0.488. The lowest BCUT2D eigenvalue weighted by Crippen LogP contribution is -2.49. The summed E-state index contributed by atoms with van der Waals surface area (Å²) in [6.45, 7) is 3.18. The predicted octanol–water partition coefficient (Wildman–Crippen LogP) is 2.89. The van der Waals surface area contributed by atoms with E-state index in [0.29, 0.717) is 37.6 Å². The van der Waals surface area contributed by atoms with Gasteiger partial charge in [0.1, 0.15) is 5.69 Å². The van der Waals surface area contributed by atoms with Crippen LogP contribution in [0, 0.1) is 15.9 Å². The van der Waals surface area contributed by atoms with E-state index in [2.05, 4.69) is 0 Å². The number of hydrogen-bond donors (Lipinski definition) is 0. The van der Waals surface area contributed by atoms with E-state index in [1.54, 1.807) is 23.1 Å². The molecular weight excluding hydrogens is 367 g/mol. The lowest BCUT2D eigenvalue weighted by Gasteiger charge is -2.35. The third-order valence-corrected chi connectivity index (χ3v) is 5.33. The van der Waals surface area contributed by atoms with E-state index in [-0.39, 0.29) is 17.4 Å². The van der Waals surface area contributed by atoms with Gasteiger partial charge in [0.2, 0.25) is 0 Å². The number of amides is 1. The maximum atomic E-state index is 14.5. The standard InChI is InChI=1S/C19H21FN4O4/c20-14-12-17(24(26)27)16(13-15(14)21-5-1-2-6-21)22-7-9-23(10-8-22)19(25)18-4-3-11-28-18/h3-4,11-13H,1-2,5-10H2. The monoisotopic (exact) mass is 388 g/mol. The average Bonchev–Trinajstić information content (AvgIpc) is 3.41. The van der Waals surface area contributed by atoms with Crippen molar-refractivity contribution < 1.29 is 18.5 Å². The Bertz CT molecular complexity index is 872. The van der Waals surface area contributed by atoms with E-state index >= 15 is 0 Å². The Kier molecular flexibility index (Phi) is 4.89.